The Morgan fingerprint density at radius 3 is 2.76 bits per heavy atom. The fourth-order valence-corrected chi connectivity index (χ4v) is 3.74. The molecule has 0 saturated carbocycles. The average Bonchev–Trinajstić information content (AvgIpc) is 3.09. The number of hydrogen-bond donors (Lipinski definition) is 1. The number of pyridine rings is 1. The number of aryl methyl sites for hydroxylation is 2. The number of hydrogen-bond acceptors (Lipinski definition) is 3. The van der Waals surface area contributed by atoms with Gasteiger partial charge in [0.1, 0.15) is 5.82 Å². The zero-order valence-corrected chi connectivity index (χ0v) is 15.7. The number of nitrogens with zero attached hydrogens (tertiary/aromatic N) is 3. The molecule has 3 rings (SSSR count). The van der Waals surface area contributed by atoms with Crippen molar-refractivity contribution in [1.82, 2.24) is 19.4 Å². The van der Waals surface area contributed by atoms with Crippen LogP contribution < -0.4 is 5.43 Å². The van der Waals surface area contributed by atoms with E-state index in [1.807, 2.05) is 26.2 Å². The van der Waals surface area contributed by atoms with E-state index in [1.165, 1.54) is 18.7 Å². The van der Waals surface area contributed by atoms with Crippen LogP contribution in [0.3, 0.4) is 0 Å². The third kappa shape index (κ3) is 4.03. The second-order valence-electron chi connectivity index (χ2n) is 7.29. The maximum absolute atomic E-state index is 12.1. The molecule has 1 aliphatic heterocycles. The first-order valence-electron chi connectivity index (χ1n) is 9.51. The Morgan fingerprint density at radius 1 is 1.28 bits per heavy atom. The Balaban J connectivity index is 1.60. The van der Waals surface area contributed by atoms with Crippen molar-refractivity contribution < 1.29 is 0 Å². The molecule has 0 unspecified atom stereocenters. The molecule has 1 N–H and O–H groups in total. The van der Waals surface area contributed by atoms with Gasteiger partial charge in [-0.05, 0) is 46.2 Å². The van der Waals surface area contributed by atoms with Crippen LogP contribution >= 0.6 is 0 Å². The smallest absolute Gasteiger partial charge is 0.187 e. The minimum absolute atomic E-state index is 0.168. The number of unbranched alkanes of at least 4 members (excludes halogenated alkanes) is 1. The summed E-state index contributed by atoms with van der Waals surface area (Å²) in [6, 6.07) is 0. The topological polar surface area (TPSA) is 53.9 Å². The number of imidazole rings is 1. The molecule has 2 aromatic heterocycles. The number of rotatable bonds is 6. The van der Waals surface area contributed by atoms with Crippen LogP contribution in [0.4, 0.5) is 0 Å². The summed E-state index contributed by atoms with van der Waals surface area (Å²) in [4.78, 5) is 22.5. The summed E-state index contributed by atoms with van der Waals surface area (Å²) in [5.74, 6) is 1.81. The standard InChI is InChI=1S/C20H30N4O/c1-4-5-9-24-12-8-21-20(24)17-6-10-23(11-7-17)14-18-16(3)19(25)15(2)13-22-18/h8,12-13,17H,4-7,9-11,14H2,1-3H3,(H,22,25). The summed E-state index contributed by atoms with van der Waals surface area (Å²) < 4.78 is 2.34. The summed E-state index contributed by atoms with van der Waals surface area (Å²) in [6.45, 7) is 10.0. The van der Waals surface area contributed by atoms with Gasteiger partial charge in [-0.2, -0.15) is 0 Å². The van der Waals surface area contributed by atoms with Crippen LogP contribution in [0, 0.1) is 13.8 Å². The van der Waals surface area contributed by atoms with E-state index in [-0.39, 0.29) is 5.43 Å². The van der Waals surface area contributed by atoms with Gasteiger partial charge in [-0.3, -0.25) is 9.69 Å². The highest BCUT2D eigenvalue weighted by molar-refractivity contribution is 5.23. The van der Waals surface area contributed by atoms with Gasteiger partial charge < -0.3 is 9.55 Å². The van der Waals surface area contributed by atoms with Gasteiger partial charge in [-0.15, -0.1) is 0 Å². The van der Waals surface area contributed by atoms with Crippen LogP contribution in [-0.4, -0.2) is 32.5 Å². The number of piperidine rings is 1. The molecule has 5 heteroatoms. The summed E-state index contributed by atoms with van der Waals surface area (Å²) in [5.41, 5.74) is 2.87. The summed E-state index contributed by atoms with van der Waals surface area (Å²) in [7, 11) is 0. The molecule has 5 nitrogen and oxygen atoms in total. The quantitative estimate of drug-likeness (QED) is 0.876. The molecule has 136 valence electrons. The number of aromatic nitrogens is 3. The lowest BCUT2D eigenvalue weighted by Crippen LogP contribution is -2.34. The fraction of sp³-hybridized carbons (Fsp3) is 0.600. The lowest BCUT2D eigenvalue weighted by atomic mass is 9.95. The molecule has 1 aliphatic rings. The Bertz CT molecular complexity index is 753. The predicted molar refractivity (Wildman–Crippen MR) is 101 cm³/mol. The van der Waals surface area contributed by atoms with Crippen LogP contribution in [0.5, 0.6) is 0 Å². The van der Waals surface area contributed by atoms with Gasteiger partial charge in [-0.1, -0.05) is 13.3 Å². The number of nitrogens with one attached hydrogen (secondary N) is 1. The maximum atomic E-state index is 12.1. The molecule has 2 aromatic rings. The van der Waals surface area contributed by atoms with Crippen LogP contribution in [0.1, 0.15) is 61.2 Å². The third-order valence-corrected chi connectivity index (χ3v) is 5.45. The number of aromatic amines is 1. The second kappa shape index (κ2) is 8.00. The monoisotopic (exact) mass is 342 g/mol. The number of H-pyrrole nitrogens is 1. The zero-order valence-electron chi connectivity index (χ0n) is 15.7. The molecular formula is C20H30N4O. The molecule has 0 bridgehead atoms. The first kappa shape index (κ1) is 17.9. The van der Waals surface area contributed by atoms with Crippen molar-refractivity contribution >= 4 is 0 Å². The highest BCUT2D eigenvalue weighted by Crippen LogP contribution is 2.27. The van der Waals surface area contributed by atoms with Crippen LogP contribution in [0.15, 0.2) is 23.4 Å². The van der Waals surface area contributed by atoms with E-state index in [4.69, 9.17) is 0 Å². The lowest BCUT2D eigenvalue weighted by Gasteiger charge is -2.32. The van der Waals surface area contributed by atoms with Gasteiger partial charge in [0.25, 0.3) is 0 Å². The lowest BCUT2D eigenvalue weighted by molar-refractivity contribution is 0.197. The van der Waals surface area contributed by atoms with Crippen molar-refractivity contribution in [3.05, 3.63) is 51.5 Å². The van der Waals surface area contributed by atoms with E-state index in [0.29, 0.717) is 5.92 Å². The normalized spacial score (nSPS) is 16.4. The van der Waals surface area contributed by atoms with Gasteiger partial charge >= 0.3 is 0 Å². The summed E-state index contributed by atoms with van der Waals surface area (Å²) in [5, 5.41) is 0. The summed E-state index contributed by atoms with van der Waals surface area (Å²) in [6.07, 6.45) is 10.6. The van der Waals surface area contributed by atoms with Gasteiger partial charge in [0.2, 0.25) is 0 Å². The van der Waals surface area contributed by atoms with Crippen molar-refractivity contribution in [2.24, 2.45) is 0 Å². The van der Waals surface area contributed by atoms with Gasteiger partial charge in [0.15, 0.2) is 5.43 Å². The minimum Gasteiger partial charge on any atom is -0.363 e. The first-order chi connectivity index (χ1) is 12.1. The molecule has 1 saturated heterocycles. The Hall–Kier alpha value is -1.88. The average molecular weight is 342 g/mol. The number of likely N-dealkylation sites (tertiary alicyclic amines) is 1. The largest absolute Gasteiger partial charge is 0.363 e. The minimum atomic E-state index is 0.168. The second-order valence-corrected chi connectivity index (χ2v) is 7.29. The van der Waals surface area contributed by atoms with Crippen LogP contribution in [-0.2, 0) is 13.1 Å². The maximum Gasteiger partial charge on any atom is 0.187 e. The molecule has 0 radical (unpaired) electrons. The Kier molecular flexibility index (Phi) is 5.74. The van der Waals surface area contributed by atoms with Gasteiger partial charge in [-0.25, -0.2) is 4.98 Å². The van der Waals surface area contributed by atoms with E-state index >= 15 is 0 Å². The van der Waals surface area contributed by atoms with Crippen molar-refractivity contribution in [3.63, 3.8) is 0 Å². The Labute approximate surface area is 150 Å². The fourth-order valence-electron chi connectivity index (χ4n) is 3.74. The molecule has 0 atom stereocenters. The van der Waals surface area contributed by atoms with Crippen LogP contribution in [0.2, 0.25) is 0 Å². The van der Waals surface area contributed by atoms with Gasteiger partial charge in [0.05, 0.1) is 0 Å². The molecule has 1 fully saturated rings. The van der Waals surface area contributed by atoms with Crippen LogP contribution in [0.25, 0.3) is 0 Å². The van der Waals surface area contributed by atoms with Gasteiger partial charge in [0, 0.05) is 54.4 Å². The first-order valence-corrected chi connectivity index (χ1v) is 9.51. The van der Waals surface area contributed by atoms with E-state index in [2.05, 4.69) is 32.6 Å². The van der Waals surface area contributed by atoms with E-state index in [9.17, 15) is 4.79 Å². The van der Waals surface area contributed by atoms with Crippen molar-refractivity contribution in [2.45, 2.75) is 65.5 Å². The molecule has 0 spiro atoms. The molecule has 0 aliphatic carbocycles. The summed E-state index contributed by atoms with van der Waals surface area (Å²) >= 11 is 0. The SMILES string of the molecule is CCCCn1ccnc1C1CCN(Cc2[nH]cc(C)c(=O)c2C)CC1. The molecular weight excluding hydrogens is 312 g/mol. The molecule has 0 amide bonds. The van der Waals surface area contributed by atoms with E-state index in [1.54, 1.807) is 0 Å². The van der Waals surface area contributed by atoms with E-state index in [0.717, 1.165) is 55.8 Å². The van der Waals surface area contributed by atoms with E-state index < -0.39 is 0 Å². The van der Waals surface area contributed by atoms with Crippen molar-refractivity contribution in [3.8, 4) is 0 Å². The molecule has 3 heterocycles. The third-order valence-electron chi connectivity index (χ3n) is 5.45. The highest BCUT2D eigenvalue weighted by atomic mass is 16.1. The predicted octanol–water partition coefficient (Wildman–Crippen LogP) is 3.37. The Morgan fingerprint density at radius 2 is 2.04 bits per heavy atom. The van der Waals surface area contributed by atoms with Crippen molar-refractivity contribution in [1.29, 1.82) is 0 Å². The molecule has 0 aromatic carbocycles. The molecule has 25 heavy (non-hydrogen) atoms. The highest BCUT2D eigenvalue weighted by Gasteiger charge is 2.24. The zero-order chi connectivity index (χ0) is 17.8. The van der Waals surface area contributed by atoms with Crippen molar-refractivity contribution in [2.75, 3.05) is 13.1 Å².